The van der Waals surface area contributed by atoms with E-state index in [0.717, 1.165) is 11.3 Å². The molecule has 0 aliphatic carbocycles. The summed E-state index contributed by atoms with van der Waals surface area (Å²) in [5.41, 5.74) is 3.15. The quantitative estimate of drug-likeness (QED) is 0.884. The van der Waals surface area contributed by atoms with E-state index in [0.29, 0.717) is 24.2 Å². The fraction of sp³-hybridized carbons (Fsp3) is 0.375. The second-order valence-electron chi connectivity index (χ2n) is 5.00. The third-order valence-corrected chi connectivity index (χ3v) is 3.30. The Bertz CT molecular complexity index is 560. The molecule has 21 heavy (non-hydrogen) atoms. The third kappa shape index (κ3) is 3.62. The summed E-state index contributed by atoms with van der Waals surface area (Å²) >= 11 is 0. The Morgan fingerprint density at radius 2 is 1.57 bits per heavy atom. The first kappa shape index (κ1) is 15.1. The second-order valence-corrected chi connectivity index (χ2v) is 5.00. The van der Waals surface area contributed by atoms with Gasteiger partial charge in [-0.15, -0.1) is 0 Å². The van der Waals surface area contributed by atoms with Crippen LogP contribution >= 0.6 is 0 Å². The highest BCUT2D eigenvalue weighted by Gasteiger charge is 2.12. The largest absolute Gasteiger partial charge is 0.481 e. The summed E-state index contributed by atoms with van der Waals surface area (Å²) in [6.45, 7) is 4.90. The molecule has 0 radical (unpaired) electrons. The van der Waals surface area contributed by atoms with Crippen LogP contribution in [-0.2, 0) is 6.54 Å². The van der Waals surface area contributed by atoms with Crippen molar-refractivity contribution in [2.75, 3.05) is 19.5 Å². The van der Waals surface area contributed by atoms with E-state index >= 15 is 0 Å². The molecule has 0 amide bonds. The van der Waals surface area contributed by atoms with Crippen LogP contribution < -0.4 is 14.8 Å². The molecule has 0 unspecified atom stereocenters. The molecule has 1 aromatic carbocycles. The van der Waals surface area contributed by atoms with Crippen LogP contribution in [0, 0.1) is 0 Å². The van der Waals surface area contributed by atoms with Gasteiger partial charge in [-0.2, -0.15) is 0 Å². The highest BCUT2D eigenvalue weighted by atomic mass is 16.5. The number of anilines is 1. The first-order chi connectivity index (χ1) is 10.2. The molecule has 5 nitrogen and oxygen atoms in total. The molecule has 1 N–H and O–H groups in total. The number of nitrogens with one attached hydrogen (secondary N) is 1. The minimum Gasteiger partial charge on any atom is -0.481 e. The van der Waals surface area contributed by atoms with Crippen LogP contribution in [0.15, 0.2) is 30.6 Å². The molecule has 2 rings (SSSR count). The molecule has 112 valence electrons. The third-order valence-electron chi connectivity index (χ3n) is 3.30. The Kier molecular flexibility index (Phi) is 4.98. The van der Waals surface area contributed by atoms with E-state index in [1.807, 2.05) is 0 Å². The van der Waals surface area contributed by atoms with E-state index in [1.54, 1.807) is 14.2 Å². The molecule has 0 aliphatic rings. The molecular weight excluding hydrogens is 266 g/mol. The molecule has 5 heteroatoms. The minimum absolute atomic E-state index is 0.521. The normalized spacial score (nSPS) is 10.5. The van der Waals surface area contributed by atoms with Crippen molar-refractivity contribution in [3.63, 3.8) is 0 Å². The van der Waals surface area contributed by atoms with Crippen molar-refractivity contribution in [2.45, 2.75) is 26.3 Å². The van der Waals surface area contributed by atoms with Crippen LogP contribution in [-0.4, -0.2) is 24.2 Å². The van der Waals surface area contributed by atoms with Crippen molar-refractivity contribution in [1.29, 1.82) is 0 Å². The van der Waals surface area contributed by atoms with Gasteiger partial charge >= 0.3 is 0 Å². The number of hydrogen-bond donors (Lipinski definition) is 1. The van der Waals surface area contributed by atoms with Crippen molar-refractivity contribution < 1.29 is 9.47 Å². The summed E-state index contributed by atoms with van der Waals surface area (Å²) in [7, 11) is 3.17. The first-order valence-electron chi connectivity index (χ1n) is 6.91. The topological polar surface area (TPSA) is 56.3 Å². The lowest BCUT2D eigenvalue weighted by Gasteiger charge is -2.13. The lowest BCUT2D eigenvalue weighted by molar-refractivity contribution is 0.363. The summed E-state index contributed by atoms with van der Waals surface area (Å²) in [5.74, 6) is 1.57. The number of nitrogens with zero attached hydrogens (tertiary/aromatic N) is 2. The van der Waals surface area contributed by atoms with Gasteiger partial charge in [0.2, 0.25) is 11.8 Å². The Labute approximate surface area is 125 Å². The number of ether oxygens (including phenoxy) is 2. The molecule has 0 saturated carbocycles. The average Bonchev–Trinajstić information content (AvgIpc) is 2.52. The lowest BCUT2D eigenvalue weighted by Crippen LogP contribution is -2.06. The smallest absolute Gasteiger partial charge is 0.225 e. The van der Waals surface area contributed by atoms with Crippen molar-refractivity contribution in [2.24, 2.45) is 0 Å². The van der Waals surface area contributed by atoms with Crippen LogP contribution in [0.4, 0.5) is 5.69 Å². The van der Waals surface area contributed by atoms with Gasteiger partial charge in [-0.25, -0.2) is 9.97 Å². The van der Waals surface area contributed by atoms with E-state index in [2.05, 4.69) is 53.4 Å². The van der Waals surface area contributed by atoms with Crippen LogP contribution in [0.25, 0.3) is 0 Å². The summed E-state index contributed by atoms with van der Waals surface area (Å²) in [5, 5.41) is 3.34. The van der Waals surface area contributed by atoms with Crippen LogP contribution in [0.5, 0.6) is 11.8 Å². The zero-order chi connectivity index (χ0) is 15.2. The number of aromatic nitrogens is 2. The molecule has 0 bridgehead atoms. The van der Waals surface area contributed by atoms with Crippen molar-refractivity contribution in [1.82, 2.24) is 9.97 Å². The van der Waals surface area contributed by atoms with E-state index in [1.165, 1.54) is 11.9 Å². The molecule has 0 atom stereocenters. The van der Waals surface area contributed by atoms with Gasteiger partial charge in [0.1, 0.15) is 6.33 Å². The molecule has 0 aliphatic heterocycles. The summed E-state index contributed by atoms with van der Waals surface area (Å²) in [6.07, 6.45) is 1.43. The molecule has 0 fully saturated rings. The van der Waals surface area contributed by atoms with Gasteiger partial charge in [-0.05, 0) is 23.6 Å². The van der Waals surface area contributed by atoms with E-state index < -0.39 is 0 Å². The Morgan fingerprint density at radius 1 is 1.00 bits per heavy atom. The standard InChI is InChI=1S/C16H21N3O2/c1-11(2)12-5-7-13(8-6-12)17-9-14-15(20-3)18-10-19-16(14)21-4/h5-8,10-11,17H,9H2,1-4H3. The number of hydrogen-bond acceptors (Lipinski definition) is 5. The van der Waals surface area contributed by atoms with Gasteiger partial charge < -0.3 is 14.8 Å². The van der Waals surface area contributed by atoms with Gasteiger partial charge in [0.25, 0.3) is 0 Å². The van der Waals surface area contributed by atoms with Crippen LogP contribution in [0.1, 0.15) is 30.9 Å². The van der Waals surface area contributed by atoms with Gasteiger partial charge in [0, 0.05) is 5.69 Å². The van der Waals surface area contributed by atoms with Crippen LogP contribution in [0.3, 0.4) is 0 Å². The summed E-state index contributed by atoms with van der Waals surface area (Å²) < 4.78 is 10.5. The summed E-state index contributed by atoms with van der Waals surface area (Å²) in [6, 6.07) is 8.39. The average molecular weight is 287 g/mol. The van der Waals surface area contributed by atoms with E-state index in [-0.39, 0.29) is 0 Å². The zero-order valence-corrected chi connectivity index (χ0v) is 12.9. The minimum atomic E-state index is 0.521. The molecule has 0 saturated heterocycles. The molecule has 0 spiro atoms. The van der Waals surface area contributed by atoms with Crippen molar-refractivity contribution in [3.05, 3.63) is 41.7 Å². The number of benzene rings is 1. The highest BCUT2D eigenvalue weighted by Crippen LogP contribution is 2.25. The van der Waals surface area contributed by atoms with Crippen molar-refractivity contribution >= 4 is 5.69 Å². The first-order valence-corrected chi connectivity index (χ1v) is 6.91. The molecule has 1 aromatic heterocycles. The molecule has 1 heterocycles. The second kappa shape index (κ2) is 6.92. The van der Waals surface area contributed by atoms with Gasteiger partial charge in [0.05, 0.1) is 26.3 Å². The fourth-order valence-corrected chi connectivity index (χ4v) is 2.06. The zero-order valence-electron chi connectivity index (χ0n) is 12.9. The Morgan fingerprint density at radius 3 is 2.05 bits per heavy atom. The maximum Gasteiger partial charge on any atom is 0.225 e. The predicted octanol–water partition coefficient (Wildman–Crippen LogP) is 3.23. The van der Waals surface area contributed by atoms with Gasteiger partial charge in [-0.3, -0.25) is 0 Å². The maximum atomic E-state index is 5.26. The number of rotatable bonds is 6. The molecule has 2 aromatic rings. The SMILES string of the molecule is COc1ncnc(OC)c1CNc1ccc(C(C)C)cc1. The highest BCUT2D eigenvalue weighted by molar-refractivity contribution is 5.47. The summed E-state index contributed by atoms with van der Waals surface area (Å²) in [4.78, 5) is 8.20. The predicted molar refractivity (Wildman–Crippen MR) is 83.0 cm³/mol. The maximum absolute atomic E-state index is 5.26. The van der Waals surface area contributed by atoms with Crippen LogP contribution in [0.2, 0.25) is 0 Å². The number of methoxy groups -OCH3 is 2. The van der Waals surface area contributed by atoms with Gasteiger partial charge in [-0.1, -0.05) is 26.0 Å². The lowest BCUT2D eigenvalue weighted by atomic mass is 10.0. The Hall–Kier alpha value is -2.30. The van der Waals surface area contributed by atoms with E-state index in [9.17, 15) is 0 Å². The monoisotopic (exact) mass is 287 g/mol. The van der Waals surface area contributed by atoms with Crippen molar-refractivity contribution in [3.8, 4) is 11.8 Å². The van der Waals surface area contributed by atoms with E-state index in [4.69, 9.17) is 9.47 Å². The fourth-order valence-electron chi connectivity index (χ4n) is 2.06. The van der Waals surface area contributed by atoms with Gasteiger partial charge in [0.15, 0.2) is 0 Å². The molecular formula is C16H21N3O2. The Balaban J connectivity index is 2.12.